The summed E-state index contributed by atoms with van der Waals surface area (Å²) in [5, 5.41) is 12.3. The molecule has 0 spiro atoms. The molecule has 1 aliphatic rings. The molecule has 1 aromatic heterocycles. The van der Waals surface area contributed by atoms with Crippen molar-refractivity contribution in [2.45, 2.75) is 71.8 Å². The van der Waals surface area contributed by atoms with Gasteiger partial charge in [-0.05, 0) is 27.2 Å². The van der Waals surface area contributed by atoms with Crippen molar-refractivity contribution in [1.82, 2.24) is 0 Å². The number of fused-ring (bicyclic) bond motifs is 1. The second-order valence-corrected chi connectivity index (χ2v) is 7.94. The summed E-state index contributed by atoms with van der Waals surface area (Å²) in [6, 6.07) is 1.86. The van der Waals surface area contributed by atoms with Crippen molar-refractivity contribution in [3.05, 3.63) is 28.7 Å². The number of carbonyl (C=O) groups excluding carboxylic acids is 1. The largest absolute Gasteiger partial charge is 0.618 e. The van der Waals surface area contributed by atoms with Crippen molar-refractivity contribution in [2.24, 2.45) is 0 Å². The number of hydrogen-bond acceptors (Lipinski definition) is 3. The van der Waals surface area contributed by atoms with E-state index in [1.807, 2.05) is 40.7 Å². The molecule has 2 rings (SSSR count). The maximum absolute atomic E-state index is 12.5. The normalized spacial score (nSPS) is 16.3. The quantitative estimate of drug-likeness (QED) is 0.630. The van der Waals surface area contributed by atoms with Crippen LogP contribution in [0.1, 0.15) is 65.6 Å². The molecule has 1 amide bonds. The number of unbranched alkanes of at least 4 members (excludes halogenated alkanes) is 1. The minimum atomic E-state index is -0.539. The Morgan fingerprint density at radius 3 is 2.65 bits per heavy atom. The number of aromatic nitrogens is 1. The first-order valence-electron chi connectivity index (χ1n) is 8.32. The van der Waals surface area contributed by atoms with E-state index in [-0.39, 0.29) is 11.5 Å². The molecule has 5 heteroatoms. The number of aryl methyl sites for hydroxylation is 1. The van der Waals surface area contributed by atoms with Gasteiger partial charge in [0.25, 0.3) is 0 Å². The van der Waals surface area contributed by atoms with Gasteiger partial charge in [-0.2, -0.15) is 4.73 Å². The highest BCUT2D eigenvalue weighted by Crippen LogP contribution is 2.40. The molecule has 0 aliphatic carbocycles. The summed E-state index contributed by atoms with van der Waals surface area (Å²) in [5.74, 6) is 0. The van der Waals surface area contributed by atoms with E-state index in [2.05, 4.69) is 6.92 Å². The molecule has 0 aromatic carbocycles. The van der Waals surface area contributed by atoms with Crippen LogP contribution in [-0.2, 0) is 16.6 Å². The monoisotopic (exact) mass is 320 g/mol. The fraction of sp³-hybridized carbons (Fsp3) is 0.667. The van der Waals surface area contributed by atoms with Crippen molar-refractivity contribution < 1.29 is 14.3 Å². The van der Waals surface area contributed by atoms with Gasteiger partial charge in [0, 0.05) is 30.0 Å². The van der Waals surface area contributed by atoms with Gasteiger partial charge in [-0.3, -0.25) is 4.90 Å². The molecule has 0 radical (unpaired) electrons. The van der Waals surface area contributed by atoms with Crippen LogP contribution in [0.15, 0.2) is 12.3 Å². The summed E-state index contributed by atoms with van der Waals surface area (Å²) < 4.78 is 6.48. The van der Waals surface area contributed by atoms with E-state index >= 15 is 0 Å². The van der Waals surface area contributed by atoms with Crippen LogP contribution in [0.5, 0.6) is 0 Å². The number of rotatable bonds is 3. The van der Waals surface area contributed by atoms with Crippen LogP contribution in [0, 0.1) is 5.21 Å². The average Bonchev–Trinajstić information content (AvgIpc) is 2.66. The third-order valence-electron chi connectivity index (χ3n) is 4.08. The van der Waals surface area contributed by atoms with Crippen LogP contribution < -0.4 is 9.63 Å². The SMILES string of the molecule is CCCCc1cc2c(c[n+]1[O-])C(C)(C)CN2C(=O)OC(C)(C)C. The Bertz CT molecular complexity index is 603. The van der Waals surface area contributed by atoms with Gasteiger partial charge in [0.1, 0.15) is 5.60 Å². The van der Waals surface area contributed by atoms with Crippen molar-refractivity contribution >= 4 is 11.8 Å². The zero-order valence-electron chi connectivity index (χ0n) is 15.1. The molecule has 0 saturated heterocycles. The van der Waals surface area contributed by atoms with Crippen LogP contribution >= 0.6 is 0 Å². The van der Waals surface area contributed by atoms with Crippen LogP contribution in [0.2, 0.25) is 0 Å². The lowest BCUT2D eigenvalue weighted by atomic mass is 9.88. The second kappa shape index (κ2) is 6.02. The van der Waals surface area contributed by atoms with Crippen LogP contribution in [0.3, 0.4) is 0 Å². The van der Waals surface area contributed by atoms with Gasteiger partial charge < -0.3 is 9.94 Å². The molecule has 1 aromatic rings. The molecular weight excluding hydrogens is 292 g/mol. The molecule has 0 atom stereocenters. The van der Waals surface area contributed by atoms with E-state index in [9.17, 15) is 10.0 Å². The van der Waals surface area contributed by atoms with Crippen LogP contribution in [0.4, 0.5) is 10.5 Å². The van der Waals surface area contributed by atoms with Gasteiger partial charge in [-0.15, -0.1) is 0 Å². The lowest BCUT2D eigenvalue weighted by Crippen LogP contribution is -2.38. The minimum Gasteiger partial charge on any atom is -0.618 e. The van der Waals surface area contributed by atoms with E-state index < -0.39 is 5.60 Å². The Morgan fingerprint density at radius 2 is 2.09 bits per heavy atom. The third-order valence-corrected chi connectivity index (χ3v) is 4.08. The highest BCUT2D eigenvalue weighted by atomic mass is 16.6. The number of nitrogens with zero attached hydrogens (tertiary/aromatic N) is 2. The van der Waals surface area contributed by atoms with E-state index in [1.165, 1.54) is 0 Å². The summed E-state index contributed by atoms with van der Waals surface area (Å²) >= 11 is 0. The lowest BCUT2D eigenvalue weighted by Gasteiger charge is -2.25. The Morgan fingerprint density at radius 1 is 1.43 bits per heavy atom. The van der Waals surface area contributed by atoms with E-state index in [0.717, 1.165) is 35.2 Å². The number of anilines is 1. The molecule has 0 N–H and O–H groups in total. The van der Waals surface area contributed by atoms with Gasteiger partial charge in [0.2, 0.25) is 0 Å². The number of ether oxygens (including phenoxy) is 1. The Hall–Kier alpha value is -1.78. The van der Waals surface area contributed by atoms with Gasteiger partial charge in [-0.1, -0.05) is 27.2 Å². The Balaban J connectivity index is 2.39. The maximum atomic E-state index is 12.5. The first kappa shape index (κ1) is 17.6. The van der Waals surface area contributed by atoms with Gasteiger partial charge in [0.05, 0.1) is 5.69 Å². The van der Waals surface area contributed by atoms with Crippen molar-refractivity contribution in [2.75, 3.05) is 11.4 Å². The van der Waals surface area contributed by atoms with E-state index in [0.29, 0.717) is 12.2 Å². The second-order valence-electron chi connectivity index (χ2n) is 7.94. The Kier molecular flexibility index (Phi) is 4.60. The molecule has 0 unspecified atom stereocenters. The standard InChI is InChI=1S/C18H28N2O3/c1-7-8-9-13-10-15-14(11-20(13)22)18(5,6)12-19(15)16(21)23-17(2,3)4/h10-11H,7-9,12H2,1-6H3. The molecule has 0 fully saturated rings. The minimum absolute atomic E-state index is 0.262. The highest BCUT2D eigenvalue weighted by molar-refractivity contribution is 5.91. The summed E-state index contributed by atoms with van der Waals surface area (Å²) in [6.45, 7) is 12.3. The van der Waals surface area contributed by atoms with E-state index in [4.69, 9.17) is 4.74 Å². The summed E-state index contributed by atoms with van der Waals surface area (Å²) in [4.78, 5) is 14.2. The number of hydrogen-bond donors (Lipinski definition) is 0. The molecule has 128 valence electrons. The van der Waals surface area contributed by atoms with Gasteiger partial charge >= 0.3 is 6.09 Å². The first-order valence-corrected chi connectivity index (χ1v) is 8.32. The summed E-state index contributed by atoms with van der Waals surface area (Å²) in [5.41, 5.74) is 1.61. The molecular formula is C18H28N2O3. The molecule has 1 aliphatic heterocycles. The fourth-order valence-electron chi connectivity index (χ4n) is 2.90. The van der Waals surface area contributed by atoms with Crippen molar-refractivity contribution in [3.63, 3.8) is 0 Å². The van der Waals surface area contributed by atoms with Crippen LogP contribution in [-0.4, -0.2) is 18.2 Å². The predicted octanol–water partition coefficient (Wildman–Crippen LogP) is 3.70. The predicted molar refractivity (Wildman–Crippen MR) is 90.6 cm³/mol. The molecule has 2 heterocycles. The highest BCUT2D eigenvalue weighted by Gasteiger charge is 2.42. The van der Waals surface area contributed by atoms with E-state index in [1.54, 1.807) is 11.1 Å². The number of carbonyl (C=O) groups is 1. The fourth-order valence-corrected chi connectivity index (χ4v) is 2.90. The maximum Gasteiger partial charge on any atom is 0.414 e. The number of pyridine rings is 1. The Labute approximate surface area is 138 Å². The summed E-state index contributed by atoms with van der Waals surface area (Å²) in [6.07, 6.45) is 3.98. The smallest absolute Gasteiger partial charge is 0.414 e. The van der Waals surface area contributed by atoms with Crippen LogP contribution in [0.25, 0.3) is 0 Å². The zero-order valence-corrected chi connectivity index (χ0v) is 15.1. The van der Waals surface area contributed by atoms with Crippen molar-refractivity contribution in [3.8, 4) is 0 Å². The zero-order chi connectivity index (χ0) is 17.4. The van der Waals surface area contributed by atoms with Gasteiger partial charge in [0.15, 0.2) is 11.9 Å². The first-order chi connectivity index (χ1) is 10.5. The lowest BCUT2D eigenvalue weighted by molar-refractivity contribution is -0.614. The molecule has 0 bridgehead atoms. The topological polar surface area (TPSA) is 56.5 Å². The molecule has 0 saturated carbocycles. The third kappa shape index (κ3) is 3.77. The van der Waals surface area contributed by atoms with Gasteiger partial charge in [-0.25, -0.2) is 4.79 Å². The molecule has 23 heavy (non-hydrogen) atoms. The molecule has 5 nitrogen and oxygen atoms in total. The van der Waals surface area contributed by atoms with Crippen molar-refractivity contribution in [1.29, 1.82) is 0 Å². The average molecular weight is 320 g/mol. The summed E-state index contributed by atoms with van der Waals surface area (Å²) in [7, 11) is 0. The number of amides is 1.